The van der Waals surface area contributed by atoms with E-state index in [4.69, 9.17) is 4.74 Å². The molecule has 5 heteroatoms. The monoisotopic (exact) mass is 305 g/mol. The molecule has 5 nitrogen and oxygen atoms in total. The Labute approximate surface area is 134 Å². The minimum atomic E-state index is -0.164. The second-order valence-corrected chi connectivity index (χ2v) is 4.84. The normalized spacial score (nSPS) is 10.1. The Balaban J connectivity index is 1.56. The predicted octanol–water partition coefficient (Wildman–Crippen LogP) is 3.20. The van der Waals surface area contributed by atoms with E-state index in [1.165, 1.54) is 6.20 Å². The Bertz CT molecular complexity index is 759. The van der Waals surface area contributed by atoms with Crippen LogP contribution in [-0.2, 0) is 6.54 Å². The largest absolute Gasteiger partial charge is 0.439 e. The molecule has 0 aliphatic rings. The highest BCUT2D eigenvalue weighted by Gasteiger charge is 2.05. The average molecular weight is 305 g/mol. The summed E-state index contributed by atoms with van der Waals surface area (Å²) >= 11 is 0. The number of nitrogens with zero attached hydrogens (tertiary/aromatic N) is 2. The third kappa shape index (κ3) is 4.14. The summed E-state index contributed by atoms with van der Waals surface area (Å²) in [6.07, 6.45) is 4.85. The molecule has 2 heterocycles. The van der Waals surface area contributed by atoms with Crippen molar-refractivity contribution in [3.05, 3.63) is 84.3 Å². The zero-order valence-corrected chi connectivity index (χ0v) is 12.3. The van der Waals surface area contributed by atoms with Gasteiger partial charge in [-0.05, 0) is 29.8 Å². The smallest absolute Gasteiger partial charge is 0.253 e. The maximum atomic E-state index is 11.9. The minimum absolute atomic E-state index is 0.164. The first-order valence-corrected chi connectivity index (χ1v) is 7.17. The van der Waals surface area contributed by atoms with Crippen molar-refractivity contribution in [2.75, 3.05) is 0 Å². The summed E-state index contributed by atoms with van der Waals surface area (Å²) in [7, 11) is 0. The van der Waals surface area contributed by atoms with Crippen molar-refractivity contribution in [1.82, 2.24) is 15.3 Å². The lowest BCUT2D eigenvalue weighted by Gasteiger charge is -2.07. The van der Waals surface area contributed by atoms with Gasteiger partial charge in [-0.3, -0.25) is 9.78 Å². The Morgan fingerprint density at radius 1 is 1.00 bits per heavy atom. The van der Waals surface area contributed by atoms with Gasteiger partial charge in [0.25, 0.3) is 5.91 Å². The summed E-state index contributed by atoms with van der Waals surface area (Å²) in [5, 5.41) is 2.82. The molecule has 3 rings (SSSR count). The molecule has 0 bridgehead atoms. The number of hydrogen-bond acceptors (Lipinski definition) is 4. The topological polar surface area (TPSA) is 64.1 Å². The number of para-hydroxylation sites is 1. The van der Waals surface area contributed by atoms with Gasteiger partial charge in [-0.1, -0.05) is 24.3 Å². The molecule has 0 aliphatic heterocycles. The molecule has 0 atom stereocenters. The van der Waals surface area contributed by atoms with Gasteiger partial charge in [-0.15, -0.1) is 0 Å². The van der Waals surface area contributed by atoms with Crippen molar-refractivity contribution in [1.29, 1.82) is 0 Å². The van der Waals surface area contributed by atoms with E-state index in [1.54, 1.807) is 30.6 Å². The molecule has 1 N–H and O–H groups in total. The van der Waals surface area contributed by atoms with Crippen LogP contribution < -0.4 is 10.1 Å². The first-order valence-electron chi connectivity index (χ1n) is 7.17. The van der Waals surface area contributed by atoms with Crippen molar-refractivity contribution in [2.45, 2.75) is 6.54 Å². The molecule has 0 spiro atoms. The highest BCUT2D eigenvalue weighted by atomic mass is 16.5. The van der Waals surface area contributed by atoms with E-state index in [1.807, 2.05) is 36.4 Å². The van der Waals surface area contributed by atoms with Gasteiger partial charge in [0.05, 0.1) is 5.56 Å². The van der Waals surface area contributed by atoms with Gasteiger partial charge in [0, 0.05) is 31.2 Å². The van der Waals surface area contributed by atoms with Crippen LogP contribution in [-0.4, -0.2) is 15.9 Å². The van der Waals surface area contributed by atoms with Gasteiger partial charge in [0.1, 0.15) is 5.75 Å². The van der Waals surface area contributed by atoms with E-state index < -0.39 is 0 Å². The van der Waals surface area contributed by atoms with E-state index in [0.29, 0.717) is 18.0 Å². The second kappa shape index (κ2) is 7.17. The molecule has 0 fully saturated rings. The van der Waals surface area contributed by atoms with Crippen LogP contribution in [0, 0.1) is 0 Å². The third-order valence-electron chi connectivity index (χ3n) is 3.14. The van der Waals surface area contributed by atoms with E-state index in [0.717, 1.165) is 11.3 Å². The molecule has 0 unspecified atom stereocenters. The van der Waals surface area contributed by atoms with Crippen LogP contribution in [0.4, 0.5) is 0 Å². The number of ether oxygens (including phenoxy) is 1. The highest BCUT2D eigenvalue weighted by molar-refractivity contribution is 5.93. The van der Waals surface area contributed by atoms with Gasteiger partial charge in [0.15, 0.2) is 0 Å². The molecule has 1 aromatic carbocycles. The van der Waals surface area contributed by atoms with Crippen molar-refractivity contribution in [2.24, 2.45) is 0 Å². The molecular weight excluding hydrogens is 290 g/mol. The van der Waals surface area contributed by atoms with Crippen LogP contribution >= 0.6 is 0 Å². The number of hydrogen-bond donors (Lipinski definition) is 1. The number of benzene rings is 1. The fourth-order valence-electron chi connectivity index (χ4n) is 1.97. The number of rotatable bonds is 5. The molecule has 0 radical (unpaired) electrons. The molecule has 2 aromatic heterocycles. The summed E-state index contributed by atoms with van der Waals surface area (Å²) in [4.78, 5) is 20.1. The lowest BCUT2D eigenvalue weighted by molar-refractivity contribution is 0.0950. The number of amides is 1. The summed E-state index contributed by atoms with van der Waals surface area (Å²) < 4.78 is 5.62. The SMILES string of the molecule is O=C(NCc1ccc(Oc2ccccc2)nc1)c1cccnc1. The zero-order chi connectivity index (χ0) is 15.9. The number of pyridine rings is 2. The number of aromatic nitrogens is 2. The molecular formula is C18H15N3O2. The predicted molar refractivity (Wildman–Crippen MR) is 86.2 cm³/mol. The van der Waals surface area contributed by atoms with E-state index in [2.05, 4.69) is 15.3 Å². The van der Waals surface area contributed by atoms with E-state index in [-0.39, 0.29) is 5.91 Å². The Morgan fingerprint density at radius 2 is 1.87 bits per heavy atom. The molecule has 3 aromatic rings. The van der Waals surface area contributed by atoms with Crippen molar-refractivity contribution in [3.63, 3.8) is 0 Å². The fourth-order valence-corrected chi connectivity index (χ4v) is 1.97. The Morgan fingerprint density at radius 3 is 2.57 bits per heavy atom. The third-order valence-corrected chi connectivity index (χ3v) is 3.14. The lowest BCUT2D eigenvalue weighted by atomic mass is 10.2. The Hall–Kier alpha value is -3.21. The average Bonchev–Trinajstić information content (AvgIpc) is 2.62. The zero-order valence-electron chi connectivity index (χ0n) is 12.3. The van der Waals surface area contributed by atoms with E-state index in [9.17, 15) is 4.79 Å². The van der Waals surface area contributed by atoms with Crippen LogP contribution in [0.25, 0.3) is 0 Å². The standard InChI is InChI=1S/C18H15N3O2/c22-18(15-5-4-10-19-13-15)21-12-14-8-9-17(20-11-14)23-16-6-2-1-3-7-16/h1-11,13H,12H2,(H,21,22). The van der Waals surface area contributed by atoms with Crippen LogP contribution in [0.15, 0.2) is 73.2 Å². The summed E-state index contributed by atoms with van der Waals surface area (Å²) in [5.74, 6) is 1.08. The minimum Gasteiger partial charge on any atom is -0.439 e. The molecule has 1 amide bonds. The van der Waals surface area contributed by atoms with Crippen molar-refractivity contribution < 1.29 is 9.53 Å². The van der Waals surface area contributed by atoms with Gasteiger partial charge in [0.2, 0.25) is 5.88 Å². The molecule has 0 aliphatic carbocycles. The van der Waals surface area contributed by atoms with Crippen molar-refractivity contribution in [3.8, 4) is 11.6 Å². The summed E-state index contributed by atoms with van der Waals surface area (Å²) in [5.41, 5.74) is 1.42. The maximum absolute atomic E-state index is 11.9. The first-order chi connectivity index (χ1) is 11.3. The summed E-state index contributed by atoms with van der Waals surface area (Å²) in [6, 6.07) is 16.5. The molecule has 114 valence electrons. The fraction of sp³-hybridized carbons (Fsp3) is 0.0556. The van der Waals surface area contributed by atoms with Gasteiger partial charge in [-0.2, -0.15) is 0 Å². The van der Waals surface area contributed by atoms with Crippen LogP contribution in [0.3, 0.4) is 0 Å². The number of carbonyl (C=O) groups is 1. The molecule has 23 heavy (non-hydrogen) atoms. The lowest BCUT2D eigenvalue weighted by Crippen LogP contribution is -2.22. The van der Waals surface area contributed by atoms with Gasteiger partial charge < -0.3 is 10.1 Å². The number of carbonyl (C=O) groups excluding carboxylic acids is 1. The van der Waals surface area contributed by atoms with Crippen LogP contribution in [0.1, 0.15) is 15.9 Å². The first kappa shape index (κ1) is 14.7. The van der Waals surface area contributed by atoms with Crippen LogP contribution in [0.2, 0.25) is 0 Å². The number of nitrogens with one attached hydrogen (secondary N) is 1. The Kier molecular flexibility index (Phi) is 4.59. The second-order valence-electron chi connectivity index (χ2n) is 4.84. The molecule has 0 saturated carbocycles. The summed E-state index contributed by atoms with van der Waals surface area (Å²) in [6.45, 7) is 0.395. The van der Waals surface area contributed by atoms with Gasteiger partial charge >= 0.3 is 0 Å². The van der Waals surface area contributed by atoms with Gasteiger partial charge in [-0.25, -0.2) is 4.98 Å². The highest BCUT2D eigenvalue weighted by Crippen LogP contribution is 2.18. The van der Waals surface area contributed by atoms with E-state index >= 15 is 0 Å². The maximum Gasteiger partial charge on any atom is 0.253 e. The van der Waals surface area contributed by atoms with Crippen LogP contribution in [0.5, 0.6) is 11.6 Å². The molecule has 0 saturated heterocycles. The quantitative estimate of drug-likeness (QED) is 0.786. The van der Waals surface area contributed by atoms with Crippen molar-refractivity contribution >= 4 is 5.91 Å².